The van der Waals surface area contributed by atoms with E-state index >= 15 is 0 Å². The lowest BCUT2D eigenvalue weighted by atomic mass is 10.2. The van der Waals surface area contributed by atoms with E-state index in [1.54, 1.807) is 6.33 Å². The van der Waals surface area contributed by atoms with Gasteiger partial charge in [0, 0.05) is 21.1 Å². The smallest absolute Gasteiger partial charge is 0.201 e. The Morgan fingerprint density at radius 1 is 1.21 bits per heavy atom. The van der Waals surface area contributed by atoms with Crippen molar-refractivity contribution in [2.24, 2.45) is 7.05 Å². The zero-order chi connectivity index (χ0) is 13.7. The summed E-state index contributed by atoms with van der Waals surface area (Å²) in [5, 5.41) is 0. The third-order valence-corrected chi connectivity index (χ3v) is 3.40. The van der Waals surface area contributed by atoms with Crippen molar-refractivity contribution in [1.82, 2.24) is 19.5 Å². The van der Waals surface area contributed by atoms with E-state index in [0.29, 0.717) is 5.95 Å². The SMILES string of the molecule is Cc1cc(N(C)C)c2ncnc-2c2nc(N)n(C)c12. The Hall–Kier alpha value is -2.37. The van der Waals surface area contributed by atoms with Gasteiger partial charge in [0.1, 0.15) is 23.2 Å². The minimum Gasteiger partial charge on any atom is -0.376 e. The van der Waals surface area contributed by atoms with Crippen LogP contribution < -0.4 is 10.6 Å². The maximum absolute atomic E-state index is 5.91. The van der Waals surface area contributed by atoms with Gasteiger partial charge in [0.25, 0.3) is 0 Å². The van der Waals surface area contributed by atoms with Crippen LogP contribution in [-0.2, 0) is 7.05 Å². The second-order valence-electron chi connectivity index (χ2n) is 4.90. The van der Waals surface area contributed by atoms with Gasteiger partial charge in [0.15, 0.2) is 0 Å². The highest BCUT2D eigenvalue weighted by molar-refractivity contribution is 5.96. The summed E-state index contributed by atoms with van der Waals surface area (Å²) in [5.74, 6) is 0.486. The lowest BCUT2D eigenvalue weighted by Crippen LogP contribution is -2.09. The highest BCUT2D eigenvalue weighted by atomic mass is 15.1. The molecule has 6 heteroatoms. The fourth-order valence-corrected chi connectivity index (χ4v) is 2.44. The number of nitrogens with two attached hydrogens (primary N) is 1. The van der Waals surface area contributed by atoms with Crippen molar-refractivity contribution < 1.29 is 0 Å². The van der Waals surface area contributed by atoms with Gasteiger partial charge < -0.3 is 15.2 Å². The molecule has 1 aliphatic carbocycles. The standard InChI is InChI=1S/C13H16N6/c1-7-5-8(18(2)3)9-10(16-6-15-9)11-12(7)19(4)13(14)17-11/h5-6H,1-4H3,(H2,14,17). The molecule has 0 unspecified atom stereocenters. The van der Waals surface area contributed by atoms with Crippen LogP contribution in [0.2, 0.25) is 0 Å². The average Bonchev–Trinajstić information content (AvgIpc) is 2.89. The van der Waals surface area contributed by atoms with Crippen molar-refractivity contribution in [3.63, 3.8) is 0 Å². The van der Waals surface area contributed by atoms with Gasteiger partial charge in [-0.05, 0) is 18.6 Å². The van der Waals surface area contributed by atoms with Crippen LogP contribution in [-0.4, -0.2) is 33.6 Å². The molecule has 0 fully saturated rings. The van der Waals surface area contributed by atoms with Gasteiger partial charge in [-0.2, -0.15) is 0 Å². The molecule has 2 heterocycles. The molecule has 2 aliphatic rings. The maximum atomic E-state index is 5.91. The van der Waals surface area contributed by atoms with Crippen molar-refractivity contribution in [2.45, 2.75) is 6.92 Å². The Morgan fingerprint density at radius 3 is 2.58 bits per heavy atom. The lowest BCUT2D eigenvalue weighted by Gasteiger charge is -2.12. The van der Waals surface area contributed by atoms with Gasteiger partial charge in [-0.15, -0.1) is 0 Å². The number of nitrogen functional groups attached to an aromatic ring is 1. The Bertz CT molecular complexity index is 743. The van der Waals surface area contributed by atoms with Crippen LogP contribution in [0.15, 0.2) is 12.4 Å². The molecule has 0 bridgehead atoms. The molecule has 19 heavy (non-hydrogen) atoms. The molecule has 0 aromatic carbocycles. The highest BCUT2D eigenvalue weighted by Crippen LogP contribution is 2.35. The Morgan fingerprint density at radius 2 is 1.89 bits per heavy atom. The van der Waals surface area contributed by atoms with E-state index < -0.39 is 0 Å². The first-order valence-electron chi connectivity index (χ1n) is 6.04. The monoisotopic (exact) mass is 256 g/mol. The summed E-state index contributed by atoms with van der Waals surface area (Å²) in [5.41, 5.74) is 11.5. The van der Waals surface area contributed by atoms with Crippen molar-refractivity contribution in [3.8, 4) is 11.4 Å². The summed E-state index contributed by atoms with van der Waals surface area (Å²) >= 11 is 0. The zero-order valence-electron chi connectivity index (χ0n) is 11.5. The molecule has 0 atom stereocenters. The maximum Gasteiger partial charge on any atom is 0.201 e. The average molecular weight is 256 g/mol. The number of fused-ring (bicyclic) bond motifs is 3. The van der Waals surface area contributed by atoms with Crippen molar-refractivity contribution in [3.05, 3.63) is 18.0 Å². The van der Waals surface area contributed by atoms with Gasteiger partial charge >= 0.3 is 0 Å². The summed E-state index contributed by atoms with van der Waals surface area (Å²) in [7, 11) is 5.90. The van der Waals surface area contributed by atoms with Gasteiger partial charge in [0.2, 0.25) is 5.95 Å². The first-order chi connectivity index (χ1) is 9.00. The van der Waals surface area contributed by atoms with E-state index in [-0.39, 0.29) is 0 Å². The van der Waals surface area contributed by atoms with Crippen molar-refractivity contribution in [1.29, 1.82) is 0 Å². The molecule has 3 rings (SSSR count). The number of aromatic nitrogens is 4. The molecule has 1 aliphatic heterocycles. The fourth-order valence-electron chi connectivity index (χ4n) is 2.44. The number of nitrogens with zero attached hydrogens (tertiary/aromatic N) is 5. The molecule has 6 nitrogen and oxygen atoms in total. The molecular weight excluding hydrogens is 240 g/mol. The normalized spacial score (nSPS) is 11.4. The van der Waals surface area contributed by atoms with E-state index in [2.05, 4.69) is 27.9 Å². The fraction of sp³-hybridized carbons (Fsp3) is 0.308. The lowest BCUT2D eigenvalue weighted by molar-refractivity contribution is 0.961. The Labute approximate surface area is 111 Å². The van der Waals surface area contributed by atoms with E-state index in [1.165, 1.54) is 0 Å². The Kier molecular flexibility index (Phi) is 2.35. The molecule has 0 spiro atoms. The molecular formula is C13H16N6. The summed E-state index contributed by atoms with van der Waals surface area (Å²) in [6.45, 7) is 2.05. The second kappa shape index (κ2) is 3.81. The number of rotatable bonds is 1. The molecule has 2 N–H and O–H groups in total. The summed E-state index contributed by atoms with van der Waals surface area (Å²) in [6, 6.07) is 2.10. The van der Waals surface area contributed by atoms with Crippen LogP contribution in [0.4, 0.5) is 11.6 Å². The second-order valence-corrected chi connectivity index (χ2v) is 4.90. The quantitative estimate of drug-likeness (QED) is 0.713. The molecule has 0 amide bonds. The number of aryl methyl sites for hydroxylation is 2. The largest absolute Gasteiger partial charge is 0.376 e. The van der Waals surface area contributed by atoms with Crippen LogP contribution in [0.5, 0.6) is 0 Å². The van der Waals surface area contributed by atoms with Crippen molar-refractivity contribution in [2.75, 3.05) is 24.7 Å². The number of anilines is 2. The molecule has 0 radical (unpaired) electrons. The minimum atomic E-state index is 0.486. The topological polar surface area (TPSA) is 72.9 Å². The van der Waals surface area contributed by atoms with E-state index in [0.717, 1.165) is 33.7 Å². The number of hydrogen-bond acceptors (Lipinski definition) is 5. The summed E-state index contributed by atoms with van der Waals surface area (Å²) < 4.78 is 1.89. The molecule has 0 saturated heterocycles. The third-order valence-electron chi connectivity index (χ3n) is 3.40. The summed E-state index contributed by atoms with van der Waals surface area (Å²) in [4.78, 5) is 15.2. The van der Waals surface area contributed by atoms with E-state index in [4.69, 9.17) is 5.73 Å². The number of hydrogen-bond donors (Lipinski definition) is 1. The summed E-state index contributed by atoms with van der Waals surface area (Å²) in [6.07, 6.45) is 1.57. The molecule has 1 aromatic rings. The Balaban J connectivity index is 2.55. The first-order valence-corrected chi connectivity index (χ1v) is 6.04. The van der Waals surface area contributed by atoms with Crippen LogP contribution in [0.1, 0.15) is 5.56 Å². The van der Waals surface area contributed by atoms with Crippen LogP contribution in [0.3, 0.4) is 0 Å². The number of imidazole rings is 2. The van der Waals surface area contributed by atoms with Gasteiger partial charge in [0.05, 0.1) is 11.2 Å². The predicted molar refractivity (Wildman–Crippen MR) is 76.4 cm³/mol. The zero-order valence-corrected chi connectivity index (χ0v) is 11.5. The van der Waals surface area contributed by atoms with E-state index in [9.17, 15) is 0 Å². The van der Waals surface area contributed by atoms with Gasteiger partial charge in [-0.3, -0.25) is 0 Å². The van der Waals surface area contributed by atoms with Gasteiger partial charge in [-0.25, -0.2) is 15.0 Å². The molecule has 1 aromatic heterocycles. The van der Waals surface area contributed by atoms with Crippen LogP contribution in [0, 0.1) is 6.92 Å². The third kappa shape index (κ3) is 1.53. The highest BCUT2D eigenvalue weighted by Gasteiger charge is 2.20. The first kappa shape index (κ1) is 11.7. The van der Waals surface area contributed by atoms with Crippen LogP contribution >= 0.6 is 0 Å². The predicted octanol–water partition coefficient (Wildman–Crippen LogP) is 1.42. The molecule has 0 saturated carbocycles. The van der Waals surface area contributed by atoms with E-state index in [1.807, 2.05) is 30.6 Å². The van der Waals surface area contributed by atoms with Crippen LogP contribution in [0.25, 0.3) is 22.4 Å². The van der Waals surface area contributed by atoms with Crippen molar-refractivity contribution >= 4 is 22.7 Å². The minimum absolute atomic E-state index is 0.486. The van der Waals surface area contributed by atoms with Gasteiger partial charge in [-0.1, -0.05) is 0 Å². The molecule has 98 valence electrons.